The first-order valence-electron chi connectivity index (χ1n) is 6.59. The molecule has 2 rings (SSSR count). The summed E-state index contributed by atoms with van der Waals surface area (Å²) in [5, 5.41) is 6.42. The lowest BCUT2D eigenvalue weighted by Gasteiger charge is -2.34. The van der Waals surface area contributed by atoms with E-state index in [1.54, 1.807) is 7.11 Å². The van der Waals surface area contributed by atoms with Gasteiger partial charge in [0.25, 0.3) is 0 Å². The van der Waals surface area contributed by atoms with Crippen LogP contribution in [0.1, 0.15) is 6.92 Å². The van der Waals surface area contributed by atoms with Gasteiger partial charge in [-0.05, 0) is 19.1 Å². The SMILES string of the molecule is COc1ccccc1NCC(=O)N1CCNC[C@@H]1C. The van der Waals surface area contributed by atoms with E-state index >= 15 is 0 Å². The average molecular weight is 263 g/mol. The molecule has 0 saturated carbocycles. The first-order valence-corrected chi connectivity index (χ1v) is 6.59. The van der Waals surface area contributed by atoms with Crippen molar-refractivity contribution in [2.45, 2.75) is 13.0 Å². The highest BCUT2D eigenvalue weighted by Crippen LogP contribution is 2.22. The molecular weight excluding hydrogens is 242 g/mol. The molecule has 0 aromatic heterocycles. The molecule has 1 aromatic rings. The predicted octanol–water partition coefficient (Wildman–Crippen LogP) is 0.927. The van der Waals surface area contributed by atoms with Gasteiger partial charge in [0.15, 0.2) is 0 Å². The number of benzene rings is 1. The minimum atomic E-state index is 0.125. The zero-order valence-electron chi connectivity index (χ0n) is 11.5. The van der Waals surface area contributed by atoms with E-state index in [2.05, 4.69) is 17.6 Å². The Kier molecular flexibility index (Phi) is 4.63. The fraction of sp³-hybridized carbons (Fsp3) is 0.500. The highest BCUT2D eigenvalue weighted by atomic mass is 16.5. The molecule has 1 aromatic carbocycles. The van der Waals surface area contributed by atoms with E-state index in [0.29, 0.717) is 6.54 Å². The number of rotatable bonds is 4. The van der Waals surface area contributed by atoms with Gasteiger partial charge in [0.2, 0.25) is 5.91 Å². The number of para-hydroxylation sites is 2. The summed E-state index contributed by atoms with van der Waals surface area (Å²) in [5.74, 6) is 0.878. The zero-order chi connectivity index (χ0) is 13.7. The molecule has 0 radical (unpaired) electrons. The molecule has 104 valence electrons. The molecule has 0 bridgehead atoms. The van der Waals surface area contributed by atoms with Crippen LogP contribution >= 0.6 is 0 Å². The van der Waals surface area contributed by atoms with E-state index in [4.69, 9.17) is 4.74 Å². The van der Waals surface area contributed by atoms with Gasteiger partial charge < -0.3 is 20.3 Å². The van der Waals surface area contributed by atoms with Gasteiger partial charge in [-0.25, -0.2) is 0 Å². The molecule has 2 N–H and O–H groups in total. The van der Waals surface area contributed by atoms with Crippen molar-refractivity contribution in [2.24, 2.45) is 0 Å². The Labute approximate surface area is 113 Å². The monoisotopic (exact) mass is 263 g/mol. The van der Waals surface area contributed by atoms with Gasteiger partial charge in [0, 0.05) is 25.7 Å². The van der Waals surface area contributed by atoms with Crippen LogP contribution in [0.25, 0.3) is 0 Å². The number of hydrogen-bond acceptors (Lipinski definition) is 4. The van der Waals surface area contributed by atoms with Crippen LogP contribution in [0.2, 0.25) is 0 Å². The molecule has 1 aliphatic heterocycles. The van der Waals surface area contributed by atoms with Gasteiger partial charge in [0.1, 0.15) is 5.75 Å². The first-order chi connectivity index (χ1) is 9.22. The number of methoxy groups -OCH3 is 1. The molecule has 1 amide bonds. The summed E-state index contributed by atoms with van der Waals surface area (Å²) in [6.07, 6.45) is 0. The zero-order valence-corrected chi connectivity index (χ0v) is 11.5. The number of ether oxygens (including phenoxy) is 1. The predicted molar refractivity (Wildman–Crippen MR) is 75.5 cm³/mol. The summed E-state index contributed by atoms with van der Waals surface area (Å²) in [6, 6.07) is 7.86. The molecule has 1 heterocycles. The van der Waals surface area contributed by atoms with Crippen LogP contribution in [0.3, 0.4) is 0 Å². The summed E-state index contributed by atoms with van der Waals surface area (Å²) in [5.41, 5.74) is 0.848. The van der Waals surface area contributed by atoms with Crippen molar-refractivity contribution in [3.8, 4) is 5.75 Å². The number of carbonyl (C=O) groups excluding carboxylic acids is 1. The largest absolute Gasteiger partial charge is 0.495 e. The Balaban J connectivity index is 1.92. The second-order valence-corrected chi connectivity index (χ2v) is 4.69. The summed E-state index contributed by atoms with van der Waals surface area (Å²) in [7, 11) is 1.63. The van der Waals surface area contributed by atoms with Gasteiger partial charge >= 0.3 is 0 Å². The van der Waals surface area contributed by atoms with E-state index in [9.17, 15) is 4.79 Å². The van der Waals surface area contributed by atoms with Gasteiger partial charge in [-0.1, -0.05) is 12.1 Å². The maximum absolute atomic E-state index is 12.2. The Morgan fingerprint density at radius 2 is 2.32 bits per heavy atom. The maximum Gasteiger partial charge on any atom is 0.242 e. The lowest BCUT2D eigenvalue weighted by molar-refractivity contribution is -0.132. The topological polar surface area (TPSA) is 53.6 Å². The van der Waals surface area contributed by atoms with Crippen molar-refractivity contribution in [1.82, 2.24) is 10.2 Å². The number of nitrogens with zero attached hydrogens (tertiary/aromatic N) is 1. The van der Waals surface area contributed by atoms with Crippen LogP contribution in [0, 0.1) is 0 Å². The minimum absolute atomic E-state index is 0.125. The lowest BCUT2D eigenvalue weighted by atomic mass is 10.2. The third kappa shape index (κ3) is 3.38. The number of nitrogens with one attached hydrogen (secondary N) is 2. The standard InChI is InChI=1S/C14H21N3O2/c1-11-9-15-7-8-17(11)14(18)10-16-12-5-3-4-6-13(12)19-2/h3-6,11,15-16H,7-10H2,1-2H3/t11-/m0/s1. The van der Waals surface area contributed by atoms with Crippen molar-refractivity contribution in [2.75, 3.05) is 38.6 Å². The van der Waals surface area contributed by atoms with E-state index in [0.717, 1.165) is 31.1 Å². The Hall–Kier alpha value is -1.75. The number of hydrogen-bond donors (Lipinski definition) is 2. The molecule has 0 aliphatic carbocycles. The second-order valence-electron chi connectivity index (χ2n) is 4.69. The van der Waals surface area contributed by atoms with E-state index in [1.165, 1.54) is 0 Å². The third-order valence-corrected chi connectivity index (χ3v) is 3.36. The van der Waals surface area contributed by atoms with Gasteiger partial charge in [0.05, 0.1) is 19.3 Å². The van der Waals surface area contributed by atoms with Gasteiger partial charge in [-0.3, -0.25) is 4.79 Å². The molecular formula is C14H21N3O2. The summed E-state index contributed by atoms with van der Waals surface area (Å²) < 4.78 is 5.25. The molecule has 1 fully saturated rings. The second kappa shape index (κ2) is 6.43. The van der Waals surface area contributed by atoms with Crippen molar-refractivity contribution in [3.63, 3.8) is 0 Å². The van der Waals surface area contributed by atoms with Crippen molar-refractivity contribution in [1.29, 1.82) is 0 Å². The fourth-order valence-corrected chi connectivity index (χ4v) is 2.27. The van der Waals surface area contributed by atoms with Crippen molar-refractivity contribution in [3.05, 3.63) is 24.3 Å². The normalized spacial score (nSPS) is 19.1. The molecule has 5 nitrogen and oxygen atoms in total. The number of carbonyl (C=O) groups is 1. The Morgan fingerprint density at radius 1 is 1.53 bits per heavy atom. The number of anilines is 1. The Morgan fingerprint density at radius 3 is 3.05 bits per heavy atom. The molecule has 0 unspecified atom stereocenters. The highest BCUT2D eigenvalue weighted by molar-refractivity contribution is 5.81. The number of piperazine rings is 1. The van der Waals surface area contributed by atoms with Crippen molar-refractivity contribution < 1.29 is 9.53 Å². The summed E-state index contributed by atoms with van der Waals surface area (Å²) in [6.45, 7) is 4.86. The first kappa shape index (κ1) is 13.7. The van der Waals surface area contributed by atoms with E-state index in [1.807, 2.05) is 29.2 Å². The fourth-order valence-electron chi connectivity index (χ4n) is 2.27. The van der Waals surface area contributed by atoms with Crippen LogP contribution in [0.5, 0.6) is 5.75 Å². The van der Waals surface area contributed by atoms with Gasteiger partial charge in [-0.2, -0.15) is 0 Å². The summed E-state index contributed by atoms with van der Waals surface area (Å²) >= 11 is 0. The Bertz CT molecular complexity index is 436. The lowest BCUT2D eigenvalue weighted by Crippen LogP contribution is -2.53. The summed E-state index contributed by atoms with van der Waals surface area (Å²) in [4.78, 5) is 14.1. The van der Waals surface area contributed by atoms with Crippen LogP contribution in [-0.2, 0) is 4.79 Å². The quantitative estimate of drug-likeness (QED) is 0.848. The maximum atomic E-state index is 12.2. The molecule has 19 heavy (non-hydrogen) atoms. The van der Waals surface area contributed by atoms with E-state index < -0.39 is 0 Å². The average Bonchev–Trinajstić information content (AvgIpc) is 2.45. The van der Waals surface area contributed by atoms with Crippen molar-refractivity contribution >= 4 is 11.6 Å². The van der Waals surface area contributed by atoms with Gasteiger partial charge in [-0.15, -0.1) is 0 Å². The number of amides is 1. The van der Waals surface area contributed by atoms with Crippen LogP contribution in [0.15, 0.2) is 24.3 Å². The van der Waals surface area contributed by atoms with Crippen LogP contribution < -0.4 is 15.4 Å². The van der Waals surface area contributed by atoms with Crippen LogP contribution in [-0.4, -0.2) is 50.1 Å². The molecule has 1 aliphatic rings. The molecule has 5 heteroatoms. The molecule has 0 spiro atoms. The smallest absolute Gasteiger partial charge is 0.242 e. The van der Waals surface area contributed by atoms with E-state index in [-0.39, 0.29) is 11.9 Å². The molecule has 1 atom stereocenters. The minimum Gasteiger partial charge on any atom is -0.495 e. The third-order valence-electron chi connectivity index (χ3n) is 3.36. The van der Waals surface area contributed by atoms with Crippen LogP contribution in [0.4, 0.5) is 5.69 Å². The molecule has 1 saturated heterocycles. The highest BCUT2D eigenvalue weighted by Gasteiger charge is 2.22.